The number of hydrogen-bond acceptors (Lipinski definition) is 9. The summed E-state index contributed by atoms with van der Waals surface area (Å²) in [7, 11) is 0. The van der Waals surface area contributed by atoms with Crippen LogP contribution >= 0.6 is 0 Å². The smallest absolute Gasteiger partial charge is 0.318 e. The number of carbonyl (C=O) groups is 1. The number of ketones is 1. The molecule has 0 saturated heterocycles. The van der Waals surface area contributed by atoms with Gasteiger partial charge in [-0.25, -0.2) is 0 Å². The molecule has 4 unspecified atom stereocenters. The van der Waals surface area contributed by atoms with Crippen molar-refractivity contribution in [2.75, 3.05) is 0 Å². The Bertz CT molecular complexity index is 1770. The molecule has 1 aliphatic carbocycles. The van der Waals surface area contributed by atoms with Crippen LogP contribution in [0, 0.1) is 0 Å². The number of benzene rings is 3. The van der Waals surface area contributed by atoms with E-state index in [0.717, 1.165) is 11.1 Å². The molecule has 216 valence electrons. The first-order valence-corrected chi connectivity index (χ1v) is 13.8. The third-order valence-corrected chi connectivity index (χ3v) is 8.76. The molecule has 0 saturated carbocycles. The molecule has 9 nitrogen and oxygen atoms in total. The molecule has 0 aromatic heterocycles. The normalized spacial score (nSPS) is 28.1. The maximum atomic E-state index is 14.2. The average molecular weight is 571 g/mol. The van der Waals surface area contributed by atoms with Crippen molar-refractivity contribution in [1.82, 2.24) is 0 Å². The minimum Gasteiger partial charge on any atom is -0.508 e. The number of ether oxygens (including phenoxy) is 3. The first-order valence-electron chi connectivity index (χ1n) is 13.8. The van der Waals surface area contributed by atoms with Gasteiger partial charge in [-0.05, 0) is 74.9 Å². The Morgan fingerprint density at radius 2 is 1.64 bits per heavy atom. The fourth-order valence-electron chi connectivity index (χ4n) is 6.93. The van der Waals surface area contributed by atoms with Gasteiger partial charge in [0.05, 0.1) is 5.56 Å². The molecule has 4 atom stereocenters. The van der Waals surface area contributed by atoms with E-state index in [2.05, 4.69) is 0 Å². The lowest BCUT2D eigenvalue weighted by Crippen LogP contribution is -2.62. The maximum Gasteiger partial charge on any atom is 0.318 e. The first kappa shape index (κ1) is 26.3. The van der Waals surface area contributed by atoms with Crippen LogP contribution in [0.1, 0.15) is 73.0 Å². The highest BCUT2D eigenvalue weighted by Crippen LogP contribution is 2.60. The summed E-state index contributed by atoms with van der Waals surface area (Å²) in [6, 6.07) is 10.5. The fraction of sp³-hybridized carbons (Fsp3) is 0.303. The van der Waals surface area contributed by atoms with Crippen molar-refractivity contribution >= 4 is 11.4 Å². The number of rotatable bonds is 3. The number of carbonyl (C=O) groups excluding carboxylic acids is 1. The summed E-state index contributed by atoms with van der Waals surface area (Å²) in [5.41, 5.74) is -0.106. The molecular formula is C33H30O9. The van der Waals surface area contributed by atoms with E-state index in [9.17, 15) is 30.3 Å². The quantitative estimate of drug-likeness (QED) is 0.257. The molecule has 0 spiro atoms. The van der Waals surface area contributed by atoms with Crippen LogP contribution in [0.15, 0.2) is 60.2 Å². The van der Waals surface area contributed by atoms with Crippen LogP contribution in [0.4, 0.5) is 0 Å². The Morgan fingerprint density at radius 1 is 0.929 bits per heavy atom. The van der Waals surface area contributed by atoms with Crippen molar-refractivity contribution < 1.29 is 44.5 Å². The van der Waals surface area contributed by atoms with Crippen molar-refractivity contribution in [3.8, 4) is 40.2 Å². The molecule has 7 rings (SSSR count). The Balaban J connectivity index is 1.37. The van der Waals surface area contributed by atoms with Gasteiger partial charge in [0, 0.05) is 30.2 Å². The van der Waals surface area contributed by atoms with Gasteiger partial charge in [0.2, 0.25) is 11.4 Å². The summed E-state index contributed by atoms with van der Waals surface area (Å²) in [6.07, 6.45) is 4.71. The Morgan fingerprint density at radius 3 is 2.38 bits per heavy atom. The summed E-state index contributed by atoms with van der Waals surface area (Å²) in [5.74, 6) is -3.86. The van der Waals surface area contributed by atoms with E-state index in [4.69, 9.17) is 14.2 Å². The number of phenolic OH excluding ortho intramolecular Hbond substituents is 4. The molecule has 3 aromatic rings. The second-order valence-corrected chi connectivity index (χ2v) is 12.1. The van der Waals surface area contributed by atoms with Crippen molar-refractivity contribution in [2.45, 2.75) is 62.9 Å². The summed E-state index contributed by atoms with van der Waals surface area (Å²) in [5, 5.41) is 54.9. The second kappa shape index (κ2) is 8.45. The van der Waals surface area contributed by atoms with E-state index in [1.165, 1.54) is 24.3 Å². The zero-order valence-corrected chi connectivity index (χ0v) is 23.3. The zero-order valence-electron chi connectivity index (χ0n) is 23.3. The second-order valence-electron chi connectivity index (χ2n) is 12.1. The predicted molar refractivity (Wildman–Crippen MR) is 151 cm³/mol. The minimum atomic E-state index is -2.57. The van der Waals surface area contributed by atoms with Gasteiger partial charge in [0.1, 0.15) is 51.4 Å². The van der Waals surface area contributed by atoms with Crippen LogP contribution in [0.5, 0.6) is 40.2 Å². The highest BCUT2D eigenvalue weighted by atomic mass is 16.7. The van der Waals surface area contributed by atoms with Gasteiger partial charge >= 0.3 is 5.79 Å². The average Bonchev–Trinajstić information content (AvgIpc) is 3.14. The lowest BCUT2D eigenvalue weighted by atomic mass is 9.72. The molecule has 4 aliphatic rings. The van der Waals surface area contributed by atoms with Gasteiger partial charge < -0.3 is 39.7 Å². The monoisotopic (exact) mass is 570 g/mol. The predicted octanol–water partition coefficient (Wildman–Crippen LogP) is 5.53. The maximum absolute atomic E-state index is 14.2. The lowest BCUT2D eigenvalue weighted by Gasteiger charge is -2.44. The van der Waals surface area contributed by atoms with Crippen LogP contribution in [-0.2, 0) is 5.60 Å². The third-order valence-electron chi connectivity index (χ3n) is 8.76. The van der Waals surface area contributed by atoms with Gasteiger partial charge in [-0.1, -0.05) is 17.7 Å². The molecule has 3 heterocycles. The van der Waals surface area contributed by atoms with Gasteiger partial charge in [-0.3, -0.25) is 4.79 Å². The molecule has 0 fully saturated rings. The molecule has 2 bridgehead atoms. The van der Waals surface area contributed by atoms with Gasteiger partial charge in [0.25, 0.3) is 0 Å². The van der Waals surface area contributed by atoms with E-state index >= 15 is 0 Å². The van der Waals surface area contributed by atoms with Crippen LogP contribution in [0.2, 0.25) is 0 Å². The highest BCUT2D eigenvalue weighted by Gasteiger charge is 2.69. The molecular weight excluding hydrogens is 540 g/mol. The Hall–Kier alpha value is -4.63. The van der Waals surface area contributed by atoms with Gasteiger partial charge in [0.15, 0.2) is 0 Å². The van der Waals surface area contributed by atoms with Crippen LogP contribution < -0.4 is 14.2 Å². The van der Waals surface area contributed by atoms with Crippen molar-refractivity contribution in [3.05, 3.63) is 82.4 Å². The van der Waals surface area contributed by atoms with Crippen molar-refractivity contribution in [1.29, 1.82) is 0 Å². The largest absolute Gasteiger partial charge is 0.508 e. The third kappa shape index (κ3) is 3.49. The topological polar surface area (TPSA) is 146 Å². The number of hydrogen-bond donors (Lipinski definition) is 5. The Kier molecular flexibility index (Phi) is 5.29. The van der Waals surface area contributed by atoms with Crippen LogP contribution in [0.3, 0.4) is 0 Å². The standard InChI is InChI=1S/C33H30O9/c1-16(2)8-9-32-22-7-5-20(35)12-25(22)42-33(32,39)30(38)28-26(41-32)13-23(36)27(29(28)37)18-10-17-14-31(3,15-18)40-24-11-19(34)4-6-21(17)24/h4-8,11-13,15,17,34-37,39H,9-10,14H2,1-3H3. The molecule has 9 heteroatoms. The minimum absolute atomic E-state index is 0.0373. The summed E-state index contributed by atoms with van der Waals surface area (Å²) >= 11 is 0. The molecule has 5 N–H and O–H groups in total. The van der Waals surface area contributed by atoms with Crippen LogP contribution in [-0.4, -0.2) is 42.7 Å². The molecule has 3 aromatic carbocycles. The lowest BCUT2D eigenvalue weighted by molar-refractivity contribution is -0.201. The fourth-order valence-corrected chi connectivity index (χ4v) is 6.93. The summed E-state index contributed by atoms with van der Waals surface area (Å²) < 4.78 is 18.5. The number of phenols is 4. The number of aliphatic hydroxyl groups is 1. The number of Topliss-reactive ketones (excluding diaryl/α,β-unsaturated/α-hetero) is 1. The molecule has 3 aliphatic heterocycles. The van der Waals surface area contributed by atoms with Gasteiger partial charge in [-0.2, -0.15) is 0 Å². The SMILES string of the molecule is CC(C)=CCC12Oc3cc(O)c(C4=CC5(C)CC(C4)c4ccc(O)cc4O5)c(O)c3C(=O)C1(O)Oc1cc(O)ccc12. The van der Waals surface area contributed by atoms with E-state index in [0.29, 0.717) is 29.7 Å². The van der Waals surface area contributed by atoms with E-state index in [1.54, 1.807) is 24.3 Å². The van der Waals surface area contributed by atoms with Crippen LogP contribution in [0.25, 0.3) is 5.57 Å². The molecule has 42 heavy (non-hydrogen) atoms. The van der Waals surface area contributed by atoms with E-state index < -0.39 is 28.5 Å². The van der Waals surface area contributed by atoms with E-state index in [-0.39, 0.29) is 52.2 Å². The molecule has 0 radical (unpaired) electrons. The molecule has 0 amide bonds. The summed E-state index contributed by atoms with van der Waals surface area (Å²) in [6.45, 7) is 5.61. The summed E-state index contributed by atoms with van der Waals surface area (Å²) in [4.78, 5) is 14.2. The van der Waals surface area contributed by atoms with E-state index in [1.807, 2.05) is 26.8 Å². The number of allylic oxidation sites excluding steroid dienone is 2. The number of fused-ring (bicyclic) bond motifs is 8. The first-order chi connectivity index (χ1) is 19.8. The van der Waals surface area contributed by atoms with Gasteiger partial charge in [-0.15, -0.1) is 0 Å². The Labute approximate surface area is 241 Å². The number of aromatic hydroxyl groups is 4. The zero-order chi connectivity index (χ0) is 29.8. The highest BCUT2D eigenvalue weighted by molar-refractivity contribution is 6.10. The van der Waals surface area contributed by atoms with Crippen molar-refractivity contribution in [3.63, 3.8) is 0 Å². The van der Waals surface area contributed by atoms with Crippen molar-refractivity contribution in [2.24, 2.45) is 0 Å².